The number of likely N-dealkylation sites (tertiary alicyclic amines) is 1. The summed E-state index contributed by atoms with van der Waals surface area (Å²) in [6, 6.07) is 9.39. The molecule has 1 N–H and O–H groups in total. The molecule has 6 bridgehead atoms. The molecule has 5 aromatic heterocycles. The number of hydrogen-bond donors (Lipinski definition) is 1. The number of ether oxygens (including phenoxy) is 1. The van der Waals surface area contributed by atoms with Crippen LogP contribution in [0.2, 0.25) is 0 Å². The number of aromatic nitrogens is 8. The molecule has 5 atom stereocenters. The van der Waals surface area contributed by atoms with Crippen molar-refractivity contribution < 1.29 is 23.1 Å². The highest BCUT2D eigenvalue weighted by molar-refractivity contribution is 5.95. The summed E-state index contributed by atoms with van der Waals surface area (Å²) in [7, 11) is 5.17. The van der Waals surface area contributed by atoms with E-state index in [1.807, 2.05) is 41.0 Å². The number of pyridine rings is 2. The number of piperazine rings is 1. The summed E-state index contributed by atoms with van der Waals surface area (Å²) in [5.41, 5.74) is 3.22. The number of benzene rings is 1. The van der Waals surface area contributed by atoms with E-state index in [1.165, 1.54) is 16.9 Å². The van der Waals surface area contributed by atoms with E-state index in [2.05, 4.69) is 15.0 Å². The van der Waals surface area contributed by atoms with Crippen molar-refractivity contribution in [1.29, 1.82) is 0 Å². The molecule has 6 aromatic rings. The van der Waals surface area contributed by atoms with Gasteiger partial charge in [0.1, 0.15) is 46.7 Å². The zero-order valence-corrected chi connectivity index (χ0v) is 31.7. The fourth-order valence-corrected chi connectivity index (χ4v) is 8.93. The predicted molar refractivity (Wildman–Crippen MR) is 206 cm³/mol. The highest BCUT2D eigenvalue weighted by Crippen LogP contribution is 2.40. The van der Waals surface area contributed by atoms with E-state index in [0.717, 1.165) is 29.0 Å². The Morgan fingerprint density at radius 3 is 2.53 bits per heavy atom. The molecule has 0 radical (unpaired) electrons. The van der Waals surface area contributed by atoms with Gasteiger partial charge in [0.25, 0.3) is 0 Å². The molecule has 292 valence electrons. The molecule has 0 aliphatic carbocycles. The summed E-state index contributed by atoms with van der Waals surface area (Å²) in [5.74, 6) is 0.320. The number of aryl methyl sites for hydroxylation is 1. The lowest BCUT2D eigenvalue weighted by atomic mass is 9.87. The van der Waals surface area contributed by atoms with Gasteiger partial charge >= 0.3 is 0 Å². The zero-order valence-electron chi connectivity index (χ0n) is 31.7. The molecule has 2 amide bonds. The van der Waals surface area contributed by atoms with Crippen molar-refractivity contribution >= 4 is 51.5 Å². The van der Waals surface area contributed by atoms with Crippen LogP contribution in [0.5, 0.6) is 0 Å². The van der Waals surface area contributed by atoms with Crippen molar-refractivity contribution in [2.45, 2.75) is 56.6 Å². The van der Waals surface area contributed by atoms with Gasteiger partial charge in [0, 0.05) is 59.1 Å². The van der Waals surface area contributed by atoms with E-state index in [-0.39, 0.29) is 47.7 Å². The van der Waals surface area contributed by atoms with E-state index in [0.29, 0.717) is 60.9 Å². The number of methoxy groups -OCH3 is 1. The molecule has 10 rings (SSSR count). The lowest BCUT2D eigenvalue weighted by Gasteiger charge is -2.54. The molecule has 0 saturated carbocycles. The van der Waals surface area contributed by atoms with E-state index in [1.54, 1.807) is 37.2 Å². The number of fused-ring (bicyclic) bond motifs is 8. The van der Waals surface area contributed by atoms with Crippen LogP contribution in [0.1, 0.15) is 18.7 Å². The van der Waals surface area contributed by atoms with Crippen LogP contribution in [-0.2, 0) is 20.9 Å². The SMILES string of the molecule is CO[C@H]1CN(C)C(=O)[C@@H]2CC(CN2c2nc(N3C4C[C@@H]3C(=O)N(C)C4)nc3c2cnn3-c2ccc(F)cc2F)Nc2cccc(n2)-c2nccc3nc(C)n(c23)C1. The van der Waals surface area contributed by atoms with Crippen molar-refractivity contribution in [3.63, 3.8) is 0 Å². The lowest BCUT2D eigenvalue weighted by Crippen LogP contribution is -2.71. The van der Waals surface area contributed by atoms with E-state index < -0.39 is 29.8 Å². The van der Waals surface area contributed by atoms with Crippen LogP contribution in [0, 0.1) is 18.6 Å². The average molecular weight is 776 g/mol. The number of imidazole rings is 1. The maximum Gasteiger partial charge on any atom is 0.245 e. The lowest BCUT2D eigenvalue weighted by molar-refractivity contribution is -0.138. The maximum atomic E-state index is 15.3. The number of hydrogen-bond acceptors (Lipinski definition) is 12. The van der Waals surface area contributed by atoms with E-state index >= 15 is 4.39 Å². The summed E-state index contributed by atoms with van der Waals surface area (Å²) in [6.45, 7) is 3.45. The van der Waals surface area contributed by atoms with Crippen LogP contribution in [-0.4, -0.2) is 132 Å². The van der Waals surface area contributed by atoms with Crippen molar-refractivity contribution in [1.82, 2.24) is 49.1 Å². The highest BCUT2D eigenvalue weighted by Gasteiger charge is 2.51. The Bertz CT molecular complexity index is 2610. The van der Waals surface area contributed by atoms with Crippen molar-refractivity contribution in [3.05, 3.63) is 72.3 Å². The number of piperidine rings is 1. The number of nitrogens with zero attached hydrogens (tertiary/aromatic N) is 12. The van der Waals surface area contributed by atoms with Crippen LogP contribution in [0.3, 0.4) is 0 Å². The first kappa shape index (κ1) is 35.1. The van der Waals surface area contributed by atoms with Crippen LogP contribution >= 0.6 is 0 Å². The molecular formula is C39H39F2N13O3. The van der Waals surface area contributed by atoms with Gasteiger partial charge in [-0.2, -0.15) is 15.1 Å². The van der Waals surface area contributed by atoms with Gasteiger partial charge in [-0.3, -0.25) is 14.6 Å². The average Bonchev–Trinajstić information content (AvgIpc) is 3.89. The Hall–Kier alpha value is -6.30. The molecular weight excluding hydrogens is 737 g/mol. The van der Waals surface area contributed by atoms with Gasteiger partial charge in [-0.05, 0) is 50.1 Å². The summed E-state index contributed by atoms with van der Waals surface area (Å²) in [4.78, 5) is 59.8. The van der Waals surface area contributed by atoms with Gasteiger partial charge in [0.05, 0.1) is 47.0 Å². The molecule has 57 heavy (non-hydrogen) atoms. The quantitative estimate of drug-likeness (QED) is 0.280. The van der Waals surface area contributed by atoms with Crippen LogP contribution in [0.25, 0.3) is 39.1 Å². The number of halogens is 2. The largest absolute Gasteiger partial charge is 0.378 e. The number of rotatable bonds is 4. The van der Waals surface area contributed by atoms with E-state index in [9.17, 15) is 14.0 Å². The summed E-state index contributed by atoms with van der Waals surface area (Å²) < 4.78 is 38.8. The van der Waals surface area contributed by atoms with Crippen molar-refractivity contribution in [2.75, 3.05) is 56.0 Å². The molecule has 4 aliphatic heterocycles. The maximum absolute atomic E-state index is 15.3. The Kier molecular flexibility index (Phi) is 8.10. The molecule has 0 spiro atoms. The first-order valence-electron chi connectivity index (χ1n) is 18.9. The van der Waals surface area contributed by atoms with Crippen LogP contribution < -0.4 is 15.1 Å². The Morgan fingerprint density at radius 2 is 1.72 bits per heavy atom. The first-order valence-corrected chi connectivity index (χ1v) is 18.9. The van der Waals surface area contributed by atoms with E-state index in [4.69, 9.17) is 29.7 Å². The van der Waals surface area contributed by atoms with Gasteiger partial charge in [-0.15, -0.1) is 0 Å². The number of nitrogens with one attached hydrogen (secondary N) is 1. The second kappa shape index (κ2) is 13.1. The van der Waals surface area contributed by atoms with Gasteiger partial charge in [0.2, 0.25) is 17.8 Å². The number of likely N-dealkylation sites (N-methyl/N-ethyl adjacent to an activating group) is 2. The standard InChI is InChI=1S/C39H39F2N13O3/c1-20-44-28-10-11-42-33-27-6-5-7-32(46-27)45-22-13-30(37(55)50(3)18-24(57-4)19-51(20)34(28)33)52(16-22)35-25-15-43-54(29-9-8-21(40)12-26(29)41)36(25)48-39(47-35)53-23-14-31(53)38(56)49(2)17-23/h5-12,15,22-24,30-31H,13-14,16-19H2,1-4H3,(H,45,46)/t22?,23?,24-,30-,31+/m0/s1. The number of amides is 2. The molecule has 9 heterocycles. The molecule has 2 unspecified atom stereocenters. The molecule has 18 heteroatoms. The molecule has 3 saturated heterocycles. The fraction of sp³-hybridized carbons (Fsp3) is 0.385. The summed E-state index contributed by atoms with van der Waals surface area (Å²) in [6.07, 6.45) is 3.91. The summed E-state index contributed by atoms with van der Waals surface area (Å²) in [5, 5.41) is 8.57. The van der Waals surface area contributed by atoms with Crippen molar-refractivity contribution in [2.24, 2.45) is 0 Å². The normalized spacial score (nSPS) is 23.5. The third kappa shape index (κ3) is 5.63. The third-order valence-corrected chi connectivity index (χ3v) is 11.8. The second-order valence-electron chi connectivity index (χ2n) is 15.3. The smallest absolute Gasteiger partial charge is 0.245 e. The minimum atomic E-state index is -0.820. The highest BCUT2D eigenvalue weighted by atomic mass is 19.1. The monoisotopic (exact) mass is 775 g/mol. The molecule has 4 aliphatic rings. The van der Waals surface area contributed by atoms with Crippen LogP contribution in [0.4, 0.5) is 26.4 Å². The summed E-state index contributed by atoms with van der Waals surface area (Å²) >= 11 is 0. The molecule has 3 fully saturated rings. The van der Waals surface area contributed by atoms with Gasteiger partial charge in [-0.25, -0.2) is 23.4 Å². The second-order valence-corrected chi connectivity index (χ2v) is 15.3. The third-order valence-electron chi connectivity index (χ3n) is 11.8. The Labute approximate surface area is 325 Å². The van der Waals surface area contributed by atoms with Crippen LogP contribution in [0.15, 0.2) is 54.9 Å². The van der Waals surface area contributed by atoms with Crippen molar-refractivity contribution in [3.8, 4) is 17.1 Å². The van der Waals surface area contributed by atoms with Gasteiger partial charge in [0.15, 0.2) is 11.5 Å². The number of carbonyl (C=O) groups is 2. The molecule has 16 nitrogen and oxygen atoms in total. The number of carbonyl (C=O) groups excluding carboxylic acids is 2. The number of anilines is 3. The Morgan fingerprint density at radius 1 is 0.895 bits per heavy atom. The fourth-order valence-electron chi connectivity index (χ4n) is 8.93. The topological polar surface area (TPSA) is 156 Å². The Balaban J connectivity index is 1.11. The minimum Gasteiger partial charge on any atom is -0.378 e. The van der Waals surface area contributed by atoms with Gasteiger partial charge in [-0.1, -0.05) is 6.07 Å². The minimum absolute atomic E-state index is 0.00518. The van der Waals surface area contributed by atoms with Gasteiger partial charge < -0.3 is 34.2 Å². The first-order chi connectivity index (χ1) is 27.6. The zero-order chi connectivity index (χ0) is 39.3. The molecule has 1 aromatic carbocycles. The predicted octanol–water partition coefficient (Wildman–Crippen LogP) is 3.17.